The molecule has 0 atom stereocenters. The summed E-state index contributed by atoms with van der Waals surface area (Å²) in [7, 11) is 0. The van der Waals surface area contributed by atoms with E-state index in [9.17, 15) is 0 Å². The predicted molar refractivity (Wildman–Crippen MR) is 86.3 cm³/mol. The molecule has 1 N–H and O–H groups in total. The highest BCUT2D eigenvalue weighted by atomic mass is 16.2. The first-order valence-electron chi connectivity index (χ1n) is 7.97. The molecular weight excluding hydrogens is 232 g/mol. The summed E-state index contributed by atoms with van der Waals surface area (Å²) in [5.41, 5.74) is 0. The quantitative estimate of drug-likeness (QED) is 0.340. The molecule has 0 spiro atoms. The summed E-state index contributed by atoms with van der Waals surface area (Å²) >= 11 is 0. The maximum absolute atomic E-state index is 8.55. The van der Waals surface area contributed by atoms with Crippen molar-refractivity contribution in [2.75, 3.05) is 6.61 Å². The molecule has 0 saturated carbocycles. The van der Waals surface area contributed by atoms with Crippen molar-refractivity contribution in [2.45, 2.75) is 71.1 Å². The van der Waals surface area contributed by atoms with Crippen LogP contribution < -0.4 is 0 Å². The summed E-state index contributed by atoms with van der Waals surface area (Å²) < 4.78 is 0. The van der Waals surface area contributed by atoms with Crippen LogP contribution in [0.4, 0.5) is 0 Å². The van der Waals surface area contributed by atoms with E-state index >= 15 is 0 Å². The molecule has 0 aromatic heterocycles. The molecule has 0 aromatic rings. The van der Waals surface area contributed by atoms with Gasteiger partial charge in [-0.25, -0.2) is 0 Å². The number of aliphatic hydroxyl groups is 1. The molecule has 0 saturated heterocycles. The number of allylic oxidation sites excluding steroid dienone is 5. The normalized spacial score (nSPS) is 12.3. The monoisotopic (exact) mass is 264 g/mol. The smallest absolute Gasteiger partial charge is 0.0612 e. The van der Waals surface area contributed by atoms with Gasteiger partial charge in [0.25, 0.3) is 0 Å². The lowest BCUT2D eigenvalue weighted by atomic mass is 10.1. The van der Waals surface area contributed by atoms with Crippen molar-refractivity contribution in [1.29, 1.82) is 0 Å². The number of aliphatic hydroxyl groups excluding tert-OH is 1. The standard InChI is InChI=1S/C18H32O/c1-2-3-4-5-6-7-8-9-10-11-12-13-14-15-16-17-18-19/h10-11,13-14,16-17,19H,2-9,12,15,18H2,1H3/b11-10-,14-13-,17-16-. The average molecular weight is 264 g/mol. The Kier molecular flexibility index (Phi) is 16.4. The summed E-state index contributed by atoms with van der Waals surface area (Å²) in [5.74, 6) is 0. The van der Waals surface area contributed by atoms with Crippen LogP contribution in [0.5, 0.6) is 0 Å². The van der Waals surface area contributed by atoms with Crippen molar-refractivity contribution in [3.05, 3.63) is 36.5 Å². The van der Waals surface area contributed by atoms with Crippen molar-refractivity contribution in [3.63, 3.8) is 0 Å². The number of unbranched alkanes of at least 4 members (excludes halogenated alkanes) is 7. The van der Waals surface area contributed by atoms with Gasteiger partial charge in [-0.15, -0.1) is 0 Å². The van der Waals surface area contributed by atoms with Gasteiger partial charge in [-0.2, -0.15) is 0 Å². The molecule has 0 bridgehead atoms. The van der Waals surface area contributed by atoms with Crippen molar-refractivity contribution in [3.8, 4) is 0 Å². The SMILES string of the molecule is CCCCCCCCC/C=C\C/C=C\C/C=C\CO. The predicted octanol–water partition coefficient (Wildman–Crippen LogP) is 5.57. The van der Waals surface area contributed by atoms with Crippen LogP contribution in [0.25, 0.3) is 0 Å². The molecule has 19 heavy (non-hydrogen) atoms. The molecule has 0 unspecified atom stereocenters. The maximum Gasteiger partial charge on any atom is 0.0612 e. The summed E-state index contributed by atoms with van der Waals surface area (Å²) in [6.07, 6.45) is 25.5. The maximum atomic E-state index is 8.55. The Balaban J connectivity index is 3.19. The van der Waals surface area contributed by atoms with Gasteiger partial charge in [0.15, 0.2) is 0 Å². The van der Waals surface area contributed by atoms with E-state index in [2.05, 4.69) is 31.2 Å². The van der Waals surface area contributed by atoms with E-state index in [1.165, 1.54) is 51.4 Å². The summed E-state index contributed by atoms with van der Waals surface area (Å²) in [4.78, 5) is 0. The van der Waals surface area contributed by atoms with Gasteiger partial charge in [0, 0.05) is 0 Å². The highest BCUT2D eigenvalue weighted by molar-refractivity contribution is 4.97. The van der Waals surface area contributed by atoms with Gasteiger partial charge in [0.2, 0.25) is 0 Å². The van der Waals surface area contributed by atoms with E-state index in [4.69, 9.17) is 5.11 Å². The molecule has 0 rings (SSSR count). The van der Waals surface area contributed by atoms with Crippen LogP contribution in [-0.2, 0) is 0 Å². The Morgan fingerprint density at radius 2 is 1.16 bits per heavy atom. The molecule has 0 aliphatic carbocycles. The fourth-order valence-corrected chi connectivity index (χ4v) is 1.95. The summed E-state index contributed by atoms with van der Waals surface area (Å²) in [6, 6.07) is 0. The lowest BCUT2D eigenvalue weighted by molar-refractivity contribution is 0.342. The van der Waals surface area contributed by atoms with Crippen LogP contribution in [0.15, 0.2) is 36.5 Å². The third-order valence-electron chi connectivity index (χ3n) is 3.12. The third kappa shape index (κ3) is 17.2. The van der Waals surface area contributed by atoms with E-state index < -0.39 is 0 Å². The van der Waals surface area contributed by atoms with Gasteiger partial charge < -0.3 is 5.11 Å². The lowest BCUT2D eigenvalue weighted by Crippen LogP contribution is -1.78. The largest absolute Gasteiger partial charge is 0.392 e. The fraction of sp³-hybridized carbons (Fsp3) is 0.667. The van der Waals surface area contributed by atoms with E-state index in [0.29, 0.717) is 0 Å². The minimum Gasteiger partial charge on any atom is -0.392 e. The molecule has 0 amide bonds. The third-order valence-corrected chi connectivity index (χ3v) is 3.12. The molecule has 0 aliphatic rings. The number of hydrogen-bond donors (Lipinski definition) is 1. The van der Waals surface area contributed by atoms with E-state index in [1.807, 2.05) is 6.08 Å². The molecule has 0 aromatic carbocycles. The van der Waals surface area contributed by atoms with Gasteiger partial charge >= 0.3 is 0 Å². The van der Waals surface area contributed by atoms with Crippen LogP contribution >= 0.6 is 0 Å². The topological polar surface area (TPSA) is 20.2 Å². The van der Waals surface area contributed by atoms with E-state index in [1.54, 1.807) is 6.08 Å². The van der Waals surface area contributed by atoms with Crippen molar-refractivity contribution in [2.24, 2.45) is 0 Å². The molecule has 1 heteroatoms. The van der Waals surface area contributed by atoms with Crippen molar-refractivity contribution in [1.82, 2.24) is 0 Å². The zero-order valence-electron chi connectivity index (χ0n) is 12.7. The van der Waals surface area contributed by atoms with Gasteiger partial charge in [-0.3, -0.25) is 0 Å². The van der Waals surface area contributed by atoms with E-state index in [-0.39, 0.29) is 6.61 Å². The Morgan fingerprint density at radius 3 is 1.79 bits per heavy atom. The minimum absolute atomic E-state index is 0.145. The minimum atomic E-state index is 0.145. The lowest BCUT2D eigenvalue weighted by Gasteiger charge is -1.98. The molecule has 110 valence electrons. The average Bonchev–Trinajstić information content (AvgIpc) is 2.43. The summed E-state index contributed by atoms with van der Waals surface area (Å²) in [5, 5.41) is 8.55. The second-order valence-corrected chi connectivity index (χ2v) is 4.98. The van der Waals surface area contributed by atoms with Crippen LogP contribution in [0.3, 0.4) is 0 Å². The Labute approximate surface area is 120 Å². The molecule has 0 aliphatic heterocycles. The Bertz CT molecular complexity index is 238. The zero-order valence-corrected chi connectivity index (χ0v) is 12.7. The zero-order chi connectivity index (χ0) is 14.0. The van der Waals surface area contributed by atoms with Crippen LogP contribution in [0, 0.1) is 0 Å². The summed E-state index contributed by atoms with van der Waals surface area (Å²) in [6.45, 7) is 2.41. The van der Waals surface area contributed by atoms with Gasteiger partial charge in [-0.1, -0.05) is 81.9 Å². The Morgan fingerprint density at radius 1 is 0.632 bits per heavy atom. The highest BCUT2D eigenvalue weighted by Gasteiger charge is 1.88. The number of hydrogen-bond acceptors (Lipinski definition) is 1. The van der Waals surface area contributed by atoms with E-state index in [0.717, 1.165) is 12.8 Å². The van der Waals surface area contributed by atoms with Crippen molar-refractivity contribution >= 4 is 0 Å². The molecular formula is C18H32O. The number of rotatable bonds is 13. The molecule has 0 fully saturated rings. The second kappa shape index (κ2) is 17.2. The first-order valence-corrected chi connectivity index (χ1v) is 7.97. The highest BCUT2D eigenvalue weighted by Crippen LogP contribution is 2.08. The van der Waals surface area contributed by atoms with Gasteiger partial charge in [-0.05, 0) is 25.7 Å². The van der Waals surface area contributed by atoms with Crippen LogP contribution in [0.1, 0.15) is 71.1 Å². The second-order valence-electron chi connectivity index (χ2n) is 4.98. The van der Waals surface area contributed by atoms with Crippen molar-refractivity contribution < 1.29 is 5.11 Å². The first kappa shape index (κ1) is 18.2. The van der Waals surface area contributed by atoms with Crippen LogP contribution in [-0.4, -0.2) is 11.7 Å². The fourth-order valence-electron chi connectivity index (χ4n) is 1.95. The van der Waals surface area contributed by atoms with Gasteiger partial charge in [0.1, 0.15) is 0 Å². The van der Waals surface area contributed by atoms with Gasteiger partial charge in [0.05, 0.1) is 6.61 Å². The molecule has 0 heterocycles. The Hall–Kier alpha value is -0.820. The molecule has 1 nitrogen and oxygen atoms in total. The first-order chi connectivity index (χ1) is 9.41. The van der Waals surface area contributed by atoms with Crippen LogP contribution in [0.2, 0.25) is 0 Å². The molecule has 0 radical (unpaired) electrons.